The fourth-order valence-corrected chi connectivity index (χ4v) is 1.23. The molecular formula is C11H13N3O. The standard InChI is InChI=1S/C11H13N3O/c1-8(2)12-11-14-13-10(15-11)9-6-4-3-5-7-9/h3-8H,1-2H3,(H,12,14). The Morgan fingerprint density at radius 3 is 2.53 bits per heavy atom. The summed E-state index contributed by atoms with van der Waals surface area (Å²) in [4.78, 5) is 0. The van der Waals surface area contributed by atoms with Gasteiger partial charge in [0.2, 0.25) is 5.89 Å². The second kappa shape index (κ2) is 4.13. The van der Waals surface area contributed by atoms with Crippen molar-refractivity contribution in [3.8, 4) is 11.5 Å². The van der Waals surface area contributed by atoms with Crippen molar-refractivity contribution >= 4 is 6.01 Å². The molecule has 1 aromatic carbocycles. The molecule has 1 aromatic heterocycles. The van der Waals surface area contributed by atoms with E-state index < -0.39 is 0 Å². The molecule has 0 atom stereocenters. The first-order chi connectivity index (χ1) is 7.25. The molecule has 4 heteroatoms. The zero-order valence-electron chi connectivity index (χ0n) is 8.77. The van der Waals surface area contributed by atoms with Crippen LogP contribution in [0.1, 0.15) is 13.8 Å². The van der Waals surface area contributed by atoms with Crippen LogP contribution >= 0.6 is 0 Å². The van der Waals surface area contributed by atoms with Crippen molar-refractivity contribution in [3.63, 3.8) is 0 Å². The Morgan fingerprint density at radius 1 is 1.13 bits per heavy atom. The molecule has 0 spiro atoms. The van der Waals surface area contributed by atoms with Crippen LogP contribution in [0.4, 0.5) is 6.01 Å². The zero-order chi connectivity index (χ0) is 10.7. The van der Waals surface area contributed by atoms with E-state index in [4.69, 9.17) is 4.42 Å². The highest BCUT2D eigenvalue weighted by Gasteiger charge is 2.07. The van der Waals surface area contributed by atoms with E-state index in [-0.39, 0.29) is 6.04 Å². The summed E-state index contributed by atoms with van der Waals surface area (Å²) in [5.41, 5.74) is 0.932. The van der Waals surface area contributed by atoms with Gasteiger partial charge in [-0.3, -0.25) is 0 Å². The summed E-state index contributed by atoms with van der Waals surface area (Å²) in [6.07, 6.45) is 0. The maximum Gasteiger partial charge on any atom is 0.315 e. The van der Waals surface area contributed by atoms with Crippen LogP contribution in [0.5, 0.6) is 0 Å². The third-order valence-electron chi connectivity index (χ3n) is 1.86. The molecule has 0 saturated carbocycles. The van der Waals surface area contributed by atoms with Gasteiger partial charge in [-0.1, -0.05) is 23.3 Å². The summed E-state index contributed by atoms with van der Waals surface area (Å²) >= 11 is 0. The molecule has 4 nitrogen and oxygen atoms in total. The van der Waals surface area contributed by atoms with E-state index in [1.165, 1.54) is 0 Å². The van der Waals surface area contributed by atoms with Crippen molar-refractivity contribution < 1.29 is 4.42 Å². The lowest BCUT2D eigenvalue weighted by molar-refractivity contribution is 0.574. The normalized spacial score (nSPS) is 10.6. The third-order valence-corrected chi connectivity index (χ3v) is 1.86. The largest absolute Gasteiger partial charge is 0.403 e. The van der Waals surface area contributed by atoms with Crippen molar-refractivity contribution in [3.05, 3.63) is 30.3 Å². The van der Waals surface area contributed by atoms with Crippen LogP contribution in [-0.4, -0.2) is 16.2 Å². The van der Waals surface area contributed by atoms with E-state index in [0.29, 0.717) is 11.9 Å². The second-order valence-corrected chi connectivity index (χ2v) is 3.58. The number of anilines is 1. The number of nitrogens with zero attached hydrogens (tertiary/aromatic N) is 2. The van der Waals surface area contributed by atoms with E-state index >= 15 is 0 Å². The average Bonchev–Trinajstić information content (AvgIpc) is 2.67. The average molecular weight is 203 g/mol. The topological polar surface area (TPSA) is 51.0 Å². The van der Waals surface area contributed by atoms with Gasteiger partial charge in [0.1, 0.15) is 0 Å². The molecule has 15 heavy (non-hydrogen) atoms. The molecule has 2 rings (SSSR count). The summed E-state index contributed by atoms with van der Waals surface area (Å²) in [5.74, 6) is 0.541. The molecule has 0 aliphatic carbocycles. The van der Waals surface area contributed by atoms with Gasteiger partial charge in [-0.15, -0.1) is 5.10 Å². The second-order valence-electron chi connectivity index (χ2n) is 3.58. The minimum atomic E-state index is 0.286. The summed E-state index contributed by atoms with van der Waals surface area (Å²) in [6.45, 7) is 4.04. The van der Waals surface area contributed by atoms with E-state index in [2.05, 4.69) is 15.5 Å². The SMILES string of the molecule is CC(C)Nc1nnc(-c2ccccc2)o1. The van der Waals surface area contributed by atoms with Gasteiger partial charge in [0.15, 0.2) is 0 Å². The van der Waals surface area contributed by atoms with Crippen LogP contribution in [0.3, 0.4) is 0 Å². The Bertz CT molecular complexity index is 422. The van der Waals surface area contributed by atoms with E-state index in [1.54, 1.807) is 0 Å². The molecule has 1 N–H and O–H groups in total. The highest BCUT2D eigenvalue weighted by Crippen LogP contribution is 2.19. The van der Waals surface area contributed by atoms with Crippen molar-refractivity contribution in [1.82, 2.24) is 10.2 Å². The molecule has 2 aromatic rings. The molecule has 0 unspecified atom stereocenters. The minimum Gasteiger partial charge on any atom is -0.403 e. The summed E-state index contributed by atoms with van der Waals surface area (Å²) in [6, 6.07) is 10.5. The maximum absolute atomic E-state index is 5.45. The number of nitrogens with one attached hydrogen (secondary N) is 1. The Hall–Kier alpha value is -1.84. The predicted octanol–water partition coefficient (Wildman–Crippen LogP) is 2.56. The van der Waals surface area contributed by atoms with Crippen molar-refractivity contribution in [1.29, 1.82) is 0 Å². The maximum atomic E-state index is 5.45. The molecule has 1 heterocycles. The summed E-state index contributed by atoms with van der Waals surface area (Å²) < 4.78 is 5.45. The highest BCUT2D eigenvalue weighted by molar-refractivity contribution is 5.52. The van der Waals surface area contributed by atoms with Crippen LogP contribution < -0.4 is 5.32 Å². The van der Waals surface area contributed by atoms with Crippen molar-refractivity contribution in [2.75, 3.05) is 5.32 Å². The first-order valence-electron chi connectivity index (χ1n) is 4.91. The lowest BCUT2D eigenvalue weighted by Crippen LogP contribution is -2.09. The van der Waals surface area contributed by atoms with Crippen molar-refractivity contribution in [2.24, 2.45) is 0 Å². The lowest BCUT2D eigenvalue weighted by atomic mass is 10.2. The summed E-state index contributed by atoms with van der Waals surface area (Å²) in [5, 5.41) is 10.9. The Balaban J connectivity index is 2.21. The van der Waals surface area contributed by atoms with Gasteiger partial charge in [0.25, 0.3) is 0 Å². The first kappa shape index (κ1) is 9.71. The van der Waals surface area contributed by atoms with Crippen LogP contribution in [-0.2, 0) is 0 Å². The minimum absolute atomic E-state index is 0.286. The quantitative estimate of drug-likeness (QED) is 0.832. The van der Waals surface area contributed by atoms with Gasteiger partial charge < -0.3 is 9.73 Å². The fourth-order valence-electron chi connectivity index (χ4n) is 1.23. The van der Waals surface area contributed by atoms with Crippen LogP contribution in [0.15, 0.2) is 34.7 Å². The van der Waals surface area contributed by atoms with Gasteiger partial charge in [-0.2, -0.15) is 0 Å². The molecule has 0 amide bonds. The van der Waals surface area contributed by atoms with E-state index in [9.17, 15) is 0 Å². The van der Waals surface area contributed by atoms with Crippen LogP contribution in [0.25, 0.3) is 11.5 Å². The van der Waals surface area contributed by atoms with Gasteiger partial charge in [0, 0.05) is 11.6 Å². The first-order valence-corrected chi connectivity index (χ1v) is 4.91. The monoisotopic (exact) mass is 203 g/mol. The predicted molar refractivity (Wildman–Crippen MR) is 58.5 cm³/mol. The Kier molecular flexibility index (Phi) is 2.67. The molecule has 78 valence electrons. The molecule has 0 aliphatic rings. The Labute approximate surface area is 88.3 Å². The smallest absolute Gasteiger partial charge is 0.315 e. The van der Waals surface area contributed by atoms with E-state index in [1.807, 2.05) is 44.2 Å². The molecule has 0 radical (unpaired) electrons. The Morgan fingerprint density at radius 2 is 1.87 bits per heavy atom. The van der Waals surface area contributed by atoms with Crippen LogP contribution in [0.2, 0.25) is 0 Å². The molecule has 0 saturated heterocycles. The van der Waals surface area contributed by atoms with Gasteiger partial charge in [-0.25, -0.2) is 0 Å². The van der Waals surface area contributed by atoms with E-state index in [0.717, 1.165) is 5.56 Å². The number of rotatable bonds is 3. The van der Waals surface area contributed by atoms with Gasteiger partial charge in [0.05, 0.1) is 0 Å². The lowest BCUT2D eigenvalue weighted by Gasteiger charge is -2.02. The molecule has 0 aliphatic heterocycles. The van der Waals surface area contributed by atoms with Gasteiger partial charge >= 0.3 is 6.01 Å². The van der Waals surface area contributed by atoms with Gasteiger partial charge in [-0.05, 0) is 26.0 Å². The molecule has 0 bridgehead atoms. The van der Waals surface area contributed by atoms with Crippen LogP contribution in [0, 0.1) is 0 Å². The highest BCUT2D eigenvalue weighted by atomic mass is 16.4. The molecule has 0 fully saturated rings. The number of aromatic nitrogens is 2. The number of hydrogen-bond acceptors (Lipinski definition) is 4. The number of benzene rings is 1. The number of hydrogen-bond donors (Lipinski definition) is 1. The fraction of sp³-hybridized carbons (Fsp3) is 0.273. The zero-order valence-corrected chi connectivity index (χ0v) is 8.77. The summed E-state index contributed by atoms with van der Waals surface area (Å²) in [7, 11) is 0. The third kappa shape index (κ3) is 2.34. The van der Waals surface area contributed by atoms with Crippen molar-refractivity contribution in [2.45, 2.75) is 19.9 Å². The molecular weight excluding hydrogens is 190 g/mol.